The van der Waals surface area contributed by atoms with Crippen molar-refractivity contribution in [2.75, 3.05) is 18.4 Å². The number of nitrogens with zero attached hydrogens (tertiary/aromatic N) is 2. The Labute approximate surface area is 144 Å². The molecule has 1 aliphatic heterocycles. The fraction of sp³-hybridized carbons (Fsp3) is 0.353. The Morgan fingerprint density at radius 2 is 2.33 bits per heavy atom. The first kappa shape index (κ1) is 16.4. The SMILES string of the molecule is Cc1ccc(/C=C/C(=O)N2CCC[C@H](C(=O)Nc3nccs3)C2)o1. The Kier molecular flexibility index (Phi) is 5.10. The van der Waals surface area contributed by atoms with Gasteiger partial charge in [-0.2, -0.15) is 0 Å². The summed E-state index contributed by atoms with van der Waals surface area (Å²) in [7, 11) is 0. The molecule has 2 aromatic rings. The van der Waals surface area contributed by atoms with Gasteiger partial charge in [-0.25, -0.2) is 4.98 Å². The summed E-state index contributed by atoms with van der Waals surface area (Å²) in [6.07, 6.45) is 6.41. The van der Waals surface area contributed by atoms with Crippen LogP contribution in [0.4, 0.5) is 5.13 Å². The average Bonchev–Trinajstić information content (AvgIpc) is 3.24. The normalized spacial score (nSPS) is 18.0. The molecule has 6 nitrogen and oxygen atoms in total. The van der Waals surface area contributed by atoms with Crippen molar-refractivity contribution in [1.29, 1.82) is 0 Å². The van der Waals surface area contributed by atoms with Crippen LogP contribution in [0.15, 0.2) is 34.2 Å². The standard InChI is InChI=1S/C17H19N3O3S/c1-12-4-5-14(23-12)6-7-15(21)20-9-2-3-13(11-20)16(22)19-17-18-8-10-24-17/h4-8,10,13H,2-3,9,11H2,1H3,(H,18,19,22)/b7-6+/t13-/m0/s1. The van der Waals surface area contributed by atoms with E-state index in [1.54, 1.807) is 17.2 Å². The van der Waals surface area contributed by atoms with Gasteiger partial charge in [0.25, 0.3) is 0 Å². The number of amides is 2. The highest BCUT2D eigenvalue weighted by Gasteiger charge is 2.28. The van der Waals surface area contributed by atoms with E-state index >= 15 is 0 Å². The summed E-state index contributed by atoms with van der Waals surface area (Å²) in [4.78, 5) is 30.4. The van der Waals surface area contributed by atoms with E-state index < -0.39 is 0 Å². The van der Waals surface area contributed by atoms with Crippen LogP contribution in [-0.4, -0.2) is 34.8 Å². The number of likely N-dealkylation sites (tertiary alicyclic amines) is 1. The number of aromatic nitrogens is 1. The first-order valence-corrected chi connectivity index (χ1v) is 8.73. The molecule has 0 aromatic carbocycles. The number of carbonyl (C=O) groups is 2. The number of thiazole rings is 1. The van der Waals surface area contributed by atoms with Gasteiger partial charge in [0.15, 0.2) is 5.13 Å². The Hall–Kier alpha value is -2.41. The molecule has 1 fully saturated rings. The number of furan rings is 1. The number of nitrogens with one attached hydrogen (secondary N) is 1. The maximum atomic E-state index is 12.3. The number of hydrogen-bond acceptors (Lipinski definition) is 5. The number of carbonyl (C=O) groups excluding carboxylic acids is 2. The molecule has 0 saturated carbocycles. The third-order valence-electron chi connectivity index (χ3n) is 3.92. The van der Waals surface area contributed by atoms with Gasteiger partial charge in [-0.1, -0.05) is 0 Å². The van der Waals surface area contributed by atoms with Crippen molar-refractivity contribution in [3.63, 3.8) is 0 Å². The third-order valence-corrected chi connectivity index (χ3v) is 4.61. The number of aryl methyl sites for hydroxylation is 1. The maximum absolute atomic E-state index is 12.3. The van der Waals surface area contributed by atoms with Gasteiger partial charge in [-0.05, 0) is 38.0 Å². The van der Waals surface area contributed by atoms with E-state index in [1.807, 2.05) is 24.4 Å². The van der Waals surface area contributed by atoms with Crippen LogP contribution in [-0.2, 0) is 9.59 Å². The zero-order chi connectivity index (χ0) is 16.9. The minimum absolute atomic E-state index is 0.0758. The van der Waals surface area contributed by atoms with Crippen LogP contribution in [0.2, 0.25) is 0 Å². The molecule has 3 rings (SSSR count). The molecule has 1 atom stereocenters. The molecule has 2 amide bonds. The second kappa shape index (κ2) is 7.44. The van der Waals surface area contributed by atoms with Gasteiger partial charge in [0, 0.05) is 30.7 Å². The summed E-state index contributed by atoms with van der Waals surface area (Å²) < 4.78 is 5.41. The van der Waals surface area contributed by atoms with Gasteiger partial charge in [0.2, 0.25) is 11.8 Å². The van der Waals surface area contributed by atoms with Crippen molar-refractivity contribution in [3.8, 4) is 0 Å². The second-order valence-electron chi connectivity index (χ2n) is 5.73. The number of hydrogen-bond donors (Lipinski definition) is 1. The van der Waals surface area contributed by atoms with Crippen molar-refractivity contribution in [2.24, 2.45) is 5.92 Å². The van der Waals surface area contributed by atoms with Gasteiger partial charge < -0.3 is 14.6 Å². The van der Waals surface area contributed by atoms with E-state index in [0.717, 1.165) is 18.6 Å². The molecule has 0 spiro atoms. The lowest BCUT2D eigenvalue weighted by Gasteiger charge is -2.31. The van der Waals surface area contributed by atoms with Crippen LogP contribution < -0.4 is 5.32 Å². The van der Waals surface area contributed by atoms with E-state index in [9.17, 15) is 9.59 Å². The van der Waals surface area contributed by atoms with Gasteiger partial charge in [0.05, 0.1) is 5.92 Å². The first-order valence-electron chi connectivity index (χ1n) is 7.85. The molecule has 2 aromatic heterocycles. The van der Waals surface area contributed by atoms with Crippen LogP contribution in [0.1, 0.15) is 24.4 Å². The molecule has 1 N–H and O–H groups in total. The molecule has 0 radical (unpaired) electrons. The lowest BCUT2D eigenvalue weighted by molar-refractivity contribution is -0.130. The van der Waals surface area contributed by atoms with Crippen molar-refractivity contribution >= 4 is 34.4 Å². The Morgan fingerprint density at radius 3 is 3.04 bits per heavy atom. The van der Waals surface area contributed by atoms with E-state index in [1.165, 1.54) is 17.4 Å². The first-order chi connectivity index (χ1) is 11.6. The molecular formula is C17H19N3O3S. The van der Waals surface area contributed by atoms with Gasteiger partial charge >= 0.3 is 0 Å². The van der Waals surface area contributed by atoms with Gasteiger partial charge in [-0.3, -0.25) is 9.59 Å². The molecule has 0 aliphatic carbocycles. The van der Waals surface area contributed by atoms with Crippen LogP contribution in [0.3, 0.4) is 0 Å². The second-order valence-corrected chi connectivity index (χ2v) is 6.63. The molecule has 1 aliphatic rings. The predicted molar refractivity (Wildman–Crippen MR) is 92.5 cm³/mol. The van der Waals surface area contributed by atoms with Crippen LogP contribution in [0, 0.1) is 12.8 Å². The molecule has 0 unspecified atom stereocenters. The fourth-order valence-electron chi connectivity index (χ4n) is 2.69. The largest absolute Gasteiger partial charge is 0.462 e. The molecule has 126 valence electrons. The summed E-state index contributed by atoms with van der Waals surface area (Å²) in [5, 5.41) is 5.22. The Bertz CT molecular complexity index is 736. The topological polar surface area (TPSA) is 75.4 Å². The van der Waals surface area contributed by atoms with E-state index in [0.29, 0.717) is 24.0 Å². The minimum Gasteiger partial charge on any atom is -0.462 e. The quantitative estimate of drug-likeness (QED) is 0.865. The molecule has 1 saturated heterocycles. The van der Waals surface area contributed by atoms with Crippen molar-refractivity contribution in [3.05, 3.63) is 41.3 Å². The molecule has 3 heterocycles. The zero-order valence-corrected chi connectivity index (χ0v) is 14.2. The van der Waals surface area contributed by atoms with Crippen molar-refractivity contribution < 1.29 is 14.0 Å². The molecule has 0 bridgehead atoms. The summed E-state index contributed by atoms with van der Waals surface area (Å²) in [6, 6.07) is 3.67. The molecular weight excluding hydrogens is 326 g/mol. The smallest absolute Gasteiger partial charge is 0.246 e. The molecule has 7 heteroatoms. The third kappa shape index (κ3) is 4.11. The van der Waals surface area contributed by atoms with Gasteiger partial charge in [0.1, 0.15) is 11.5 Å². The summed E-state index contributed by atoms with van der Waals surface area (Å²) in [6.45, 7) is 2.95. The lowest BCUT2D eigenvalue weighted by Crippen LogP contribution is -2.43. The summed E-state index contributed by atoms with van der Waals surface area (Å²) in [5.74, 6) is 1.07. The average molecular weight is 345 g/mol. The highest BCUT2D eigenvalue weighted by molar-refractivity contribution is 7.13. The monoisotopic (exact) mass is 345 g/mol. The number of anilines is 1. The number of rotatable bonds is 4. The summed E-state index contributed by atoms with van der Waals surface area (Å²) >= 11 is 1.38. The fourth-order valence-corrected chi connectivity index (χ4v) is 3.22. The highest BCUT2D eigenvalue weighted by Crippen LogP contribution is 2.20. The van der Waals surface area contributed by atoms with Crippen LogP contribution in [0.25, 0.3) is 6.08 Å². The van der Waals surface area contributed by atoms with E-state index in [-0.39, 0.29) is 17.7 Å². The zero-order valence-electron chi connectivity index (χ0n) is 13.4. The van der Waals surface area contributed by atoms with Gasteiger partial charge in [-0.15, -0.1) is 11.3 Å². The highest BCUT2D eigenvalue weighted by atomic mass is 32.1. The van der Waals surface area contributed by atoms with Crippen LogP contribution in [0.5, 0.6) is 0 Å². The maximum Gasteiger partial charge on any atom is 0.246 e. The van der Waals surface area contributed by atoms with Crippen LogP contribution >= 0.6 is 11.3 Å². The lowest BCUT2D eigenvalue weighted by atomic mass is 9.97. The van der Waals surface area contributed by atoms with Crippen molar-refractivity contribution in [1.82, 2.24) is 9.88 Å². The minimum atomic E-state index is -0.203. The van der Waals surface area contributed by atoms with E-state index in [2.05, 4.69) is 10.3 Å². The van der Waals surface area contributed by atoms with E-state index in [4.69, 9.17) is 4.42 Å². The number of piperidine rings is 1. The molecule has 24 heavy (non-hydrogen) atoms. The predicted octanol–water partition coefficient (Wildman–Crippen LogP) is 2.94. The Morgan fingerprint density at radius 1 is 1.46 bits per heavy atom. The van der Waals surface area contributed by atoms with Crippen molar-refractivity contribution in [2.45, 2.75) is 19.8 Å². The Balaban J connectivity index is 1.57. The summed E-state index contributed by atoms with van der Waals surface area (Å²) in [5.41, 5.74) is 0.